The van der Waals surface area contributed by atoms with Gasteiger partial charge >= 0.3 is 0 Å². The SMILES string of the molecule is c1ccc2c(c1)sc1c2ccc2c1sc1ccc3ccc4sc5c(ccc6c7ccccc7sc65)c4c3c12. The molecule has 4 heterocycles. The summed E-state index contributed by atoms with van der Waals surface area (Å²) in [6, 6.07) is 36.5. The summed E-state index contributed by atoms with van der Waals surface area (Å²) in [7, 11) is 0. The minimum Gasteiger partial charge on any atom is -0.134 e. The molecule has 0 aliphatic carbocycles. The summed E-state index contributed by atoms with van der Waals surface area (Å²) in [6.07, 6.45) is 0. The number of hydrogen-bond donors (Lipinski definition) is 0. The third-order valence-electron chi connectivity index (χ3n) is 8.08. The van der Waals surface area contributed by atoms with Crippen molar-refractivity contribution in [1.29, 1.82) is 0 Å². The fourth-order valence-electron chi connectivity index (χ4n) is 6.43. The van der Waals surface area contributed by atoms with Crippen LogP contribution < -0.4 is 0 Å². The van der Waals surface area contributed by atoms with Crippen LogP contribution in [0.4, 0.5) is 0 Å². The van der Waals surface area contributed by atoms with Gasteiger partial charge in [0.25, 0.3) is 0 Å². The van der Waals surface area contributed by atoms with Gasteiger partial charge in [-0.15, -0.1) is 45.3 Å². The molecule has 0 N–H and O–H groups in total. The van der Waals surface area contributed by atoms with Crippen LogP contribution in [0.25, 0.3) is 91.5 Å². The summed E-state index contributed by atoms with van der Waals surface area (Å²) in [6.45, 7) is 0. The highest BCUT2D eigenvalue weighted by Gasteiger charge is 2.19. The molecule has 38 heavy (non-hydrogen) atoms. The van der Waals surface area contributed by atoms with E-state index in [1.807, 2.05) is 45.3 Å². The molecule has 4 aromatic heterocycles. The fourth-order valence-corrected chi connectivity index (χ4v) is 11.5. The third kappa shape index (κ3) is 2.45. The summed E-state index contributed by atoms with van der Waals surface area (Å²) in [5, 5.41) is 13.9. The molecule has 0 aliphatic heterocycles. The highest BCUT2D eigenvalue weighted by atomic mass is 32.1. The second-order valence-electron chi connectivity index (χ2n) is 10.0. The van der Waals surface area contributed by atoms with E-state index in [-0.39, 0.29) is 0 Å². The first-order valence-electron chi connectivity index (χ1n) is 12.7. The molecule has 6 aromatic carbocycles. The number of thiophene rings is 4. The molecule has 0 amide bonds. The lowest BCUT2D eigenvalue weighted by Crippen LogP contribution is -1.77. The van der Waals surface area contributed by atoms with Gasteiger partial charge in [0, 0.05) is 67.3 Å². The summed E-state index contributed by atoms with van der Waals surface area (Å²) < 4.78 is 11.2. The highest BCUT2D eigenvalue weighted by molar-refractivity contribution is 7.34. The zero-order valence-electron chi connectivity index (χ0n) is 19.9. The third-order valence-corrected chi connectivity index (χ3v) is 13.1. The van der Waals surface area contributed by atoms with Crippen molar-refractivity contribution >= 4 is 137 Å². The van der Waals surface area contributed by atoms with Gasteiger partial charge in [-0.25, -0.2) is 0 Å². The molecule has 4 heteroatoms. The van der Waals surface area contributed by atoms with Crippen molar-refractivity contribution in [2.75, 3.05) is 0 Å². The second-order valence-corrected chi connectivity index (χ2v) is 14.2. The molecule has 0 bridgehead atoms. The van der Waals surface area contributed by atoms with E-state index in [0.29, 0.717) is 0 Å². The zero-order chi connectivity index (χ0) is 24.5. The highest BCUT2D eigenvalue weighted by Crippen LogP contribution is 2.50. The summed E-state index contributed by atoms with van der Waals surface area (Å²) in [4.78, 5) is 0. The Kier molecular flexibility index (Phi) is 3.82. The first-order valence-corrected chi connectivity index (χ1v) is 15.9. The van der Waals surface area contributed by atoms with Gasteiger partial charge in [0.05, 0.1) is 18.8 Å². The number of hydrogen-bond acceptors (Lipinski definition) is 4. The Hall–Kier alpha value is -3.54. The molecule has 0 aliphatic rings. The first kappa shape index (κ1) is 20.4. The lowest BCUT2D eigenvalue weighted by atomic mass is 9.98. The van der Waals surface area contributed by atoms with Gasteiger partial charge < -0.3 is 0 Å². The number of fused-ring (bicyclic) bond motifs is 17. The van der Waals surface area contributed by atoms with Crippen LogP contribution in [0.2, 0.25) is 0 Å². The van der Waals surface area contributed by atoms with Crippen molar-refractivity contribution in [2.45, 2.75) is 0 Å². The maximum Gasteiger partial charge on any atom is 0.0534 e. The van der Waals surface area contributed by atoms with Crippen LogP contribution in [-0.2, 0) is 0 Å². The van der Waals surface area contributed by atoms with E-state index >= 15 is 0 Å². The van der Waals surface area contributed by atoms with Crippen LogP contribution >= 0.6 is 45.3 Å². The molecule has 0 radical (unpaired) electrons. The smallest absolute Gasteiger partial charge is 0.0534 e. The largest absolute Gasteiger partial charge is 0.134 e. The Labute approximate surface area is 232 Å². The van der Waals surface area contributed by atoms with Crippen LogP contribution in [-0.4, -0.2) is 0 Å². The summed E-state index contributed by atoms with van der Waals surface area (Å²) >= 11 is 7.79. The molecule has 0 unspecified atom stereocenters. The Morgan fingerprint density at radius 3 is 1.24 bits per heavy atom. The van der Waals surface area contributed by atoms with Gasteiger partial charge in [0.1, 0.15) is 0 Å². The molecule has 10 rings (SSSR count). The van der Waals surface area contributed by atoms with Crippen molar-refractivity contribution in [3.63, 3.8) is 0 Å². The first-order chi connectivity index (χ1) is 18.8. The minimum absolute atomic E-state index is 1.33. The monoisotopic (exact) mass is 552 g/mol. The Morgan fingerprint density at radius 2 is 0.711 bits per heavy atom. The number of rotatable bonds is 0. The van der Waals surface area contributed by atoms with Crippen molar-refractivity contribution in [2.24, 2.45) is 0 Å². The average molecular weight is 553 g/mol. The van der Waals surface area contributed by atoms with E-state index in [2.05, 4.69) is 97.1 Å². The van der Waals surface area contributed by atoms with E-state index in [1.165, 1.54) is 91.5 Å². The molecule has 0 atom stereocenters. The van der Waals surface area contributed by atoms with Gasteiger partial charge in [-0.05, 0) is 29.7 Å². The van der Waals surface area contributed by atoms with Crippen molar-refractivity contribution in [3.8, 4) is 0 Å². The maximum absolute atomic E-state index is 2.38. The predicted octanol–water partition coefficient (Wildman–Crippen LogP) is 12.3. The molecule has 0 fully saturated rings. The van der Waals surface area contributed by atoms with E-state index in [4.69, 9.17) is 0 Å². The van der Waals surface area contributed by atoms with Gasteiger partial charge in [-0.2, -0.15) is 0 Å². The van der Waals surface area contributed by atoms with Crippen molar-refractivity contribution in [1.82, 2.24) is 0 Å². The molecule has 0 spiro atoms. The topological polar surface area (TPSA) is 0 Å². The molecule has 0 nitrogen and oxygen atoms in total. The lowest BCUT2D eigenvalue weighted by Gasteiger charge is -2.04. The van der Waals surface area contributed by atoms with Gasteiger partial charge in [0.15, 0.2) is 0 Å². The summed E-state index contributed by atoms with van der Waals surface area (Å²) in [5.74, 6) is 0. The average Bonchev–Trinajstić information content (AvgIpc) is 3.71. The van der Waals surface area contributed by atoms with E-state index < -0.39 is 0 Å². The molecule has 0 saturated carbocycles. The Balaban J connectivity index is 1.41. The Morgan fingerprint density at radius 1 is 0.289 bits per heavy atom. The van der Waals surface area contributed by atoms with Crippen LogP contribution in [0.15, 0.2) is 97.1 Å². The minimum atomic E-state index is 1.33. The number of benzene rings is 6. The van der Waals surface area contributed by atoms with E-state index in [1.54, 1.807) is 0 Å². The van der Waals surface area contributed by atoms with Crippen LogP contribution in [0.5, 0.6) is 0 Å². The molecular weight excluding hydrogens is 537 g/mol. The standard InChI is InChI=1S/C34H16S4/c1-3-7-24-18(5-1)20-11-13-22-29-26(37-33(22)31(20)35-24)15-9-17-10-16-27-30(28(17)29)23-14-12-21-19-6-2-4-8-25(19)36-32(21)34(23)38-27/h1-16H. The lowest BCUT2D eigenvalue weighted by molar-refractivity contribution is 1.86. The van der Waals surface area contributed by atoms with Crippen LogP contribution in [0.1, 0.15) is 0 Å². The van der Waals surface area contributed by atoms with Gasteiger partial charge in [0.2, 0.25) is 0 Å². The normalized spacial score (nSPS) is 12.7. The molecular formula is C34H16S4. The quantitative estimate of drug-likeness (QED) is 0.175. The second kappa shape index (κ2) is 7.10. The molecule has 176 valence electrons. The summed E-state index contributed by atoms with van der Waals surface area (Å²) in [5.41, 5.74) is 0. The van der Waals surface area contributed by atoms with E-state index in [9.17, 15) is 0 Å². The zero-order valence-corrected chi connectivity index (χ0v) is 23.1. The van der Waals surface area contributed by atoms with Crippen LogP contribution in [0, 0.1) is 0 Å². The van der Waals surface area contributed by atoms with Gasteiger partial charge in [-0.1, -0.05) is 72.8 Å². The predicted molar refractivity (Wildman–Crippen MR) is 176 cm³/mol. The molecule has 10 aromatic rings. The van der Waals surface area contributed by atoms with Crippen molar-refractivity contribution < 1.29 is 0 Å². The van der Waals surface area contributed by atoms with E-state index in [0.717, 1.165) is 0 Å². The molecule has 0 saturated heterocycles. The Bertz CT molecular complexity index is 2440. The van der Waals surface area contributed by atoms with Crippen molar-refractivity contribution in [3.05, 3.63) is 97.1 Å². The van der Waals surface area contributed by atoms with Crippen LogP contribution in [0.3, 0.4) is 0 Å². The maximum atomic E-state index is 2.38. The fraction of sp³-hybridized carbons (Fsp3) is 0. The van der Waals surface area contributed by atoms with Gasteiger partial charge in [-0.3, -0.25) is 0 Å².